The Hall–Kier alpha value is -0.580. The Morgan fingerprint density at radius 3 is 2.65 bits per heavy atom. The summed E-state index contributed by atoms with van der Waals surface area (Å²) in [5.74, 6) is 0.395. The van der Waals surface area contributed by atoms with Gasteiger partial charge in [-0.2, -0.15) is 0 Å². The second-order valence-corrected chi connectivity index (χ2v) is 5.51. The average Bonchev–Trinajstić information content (AvgIpc) is 2.33. The lowest BCUT2D eigenvalue weighted by atomic mass is 10.0. The third-order valence-electron chi connectivity index (χ3n) is 3.49. The lowest BCUT2D eigenvalue weighted by Gasteiger charge is -2.28. The molecule has 0 aromatic heterocycles. The summed E-state index contributed by atoms with van der Waals surface area (Å²) in [6.45, 7) is 9.16. The minimum atomic E-state index is 0.395. The molecule has 3 nitrogen and oxygen atoms in total. The highest BCUT2D eigenvalue weighted by molar-refractivity contribution is 9.10. The smallest absolute Gasteiger partial charge is 0.134 e. The first-order chi connectivity index (χ1) is 8.09. The third kappa shape index (κ3) is 2.81. The van der Waals surface area contributed by atoms with Crippen LogP contribution in [0.1, 0.15) is 16.7 Å². The lowest BCUT2D eigenvalue weighted by molar-refractivity contribution is 0.230. The molecule has 1 heterocycles. The van der Waals surface area contributed by atoms with Gasteiger partial charge in [0.2, 0.25) is 0 Å². The molecule has 2 rings (SSSR count). The van der Waals surface area contributed by atoms with Gasteiger partial charge in [0.1, 0.15) is 5.75 Å². The van der Waals surface area contributed by atoms with Gasteiger partial charge in [-0.05, 0) is 47.0 Å². The van der Waals surface area contributed by atoms with Gasteiger partial charge in [-0.3, -0.25) is 4.90 Å². The monoisotopic (exact) mass is 298 g/mol. The van der Waals surface area contributed by atoms with E-state index in [1.54, 1.807) is 0 Å². The zero-order valence-electron chi connectivity index (χ0n) is 10.4. The van der Waals surface area contributed by atoms with E-state index >= 15 is 0 Å². The van der Waals surface area contributed by atoms with E-state index in [9.17, 15) is 5.11 Å². The van der Waals surface area contributed by atoms with E-state index in [-0.39, 0.29) is 0 Å². The number of rotatable bonds is 2. The van der Waals surface area contributed by atoms with E-state index in [0.29, 0.717) is 5.75 Å². The second-order valence-electron chi connectivity index (χ2n) is 4.65. The Kier molecular flexibility index (Phi) is 4.07. The highest BCUT2D eigenvalue weighted by Crippen LogP contribution is 2.33. The lowest BCUT2D eigenvalue weighted by Crippen LogP contribution is -2.43. The minimum absolute atomic E-state index is 0.395. The molecule has 0 unspecified atom stereocenters. The maximum absolute atomic E-state index is 10.1. The third-order valence-corrected chi connectivity index (χ3v) is 4.10. The Bertz CT molecular complexity index is 388. The summed E-state index contributed by atoms with van der Waals surface area (Å²) in [5, 5.41) is 13.5. The van der Waals surface area contributed by atoms with Crippen molar-refractivity contribution in [2.24, 2.45) is 0 Å². The number of halogens is 1. The second kappa shape index (κ2) is 5.38. The molecule has 0 bridgehead atoms. The topological polar surface area (TPSA) is 35.5 Å². The van der Waals surface area contributed by atoms with Gasteiger partial charge >= 0.3 is 0 Å². The predicted octanol–water partition coefficient (Wildman–Crippen LogP) is 2.18. The van der Waals surface area contributed by atoms with Gasteiger partial charge in [0.05, 0.1) is 4.47 Å². The molecule has 94 valence electrons. The molecule has 1 aromatic rings. The van der Waals surface area contributed by atoms with Crippen molar-refractivity contribution < 1.29 is 5.11 Å². The summed E-state index contributed by atoms with van der Waals surface area (Å²) >= 11 is 3.41. The summed E-state index contributed by atoms with van der Waals surface area (Å²) in [5.41, 5.74) is 3.47. The molecule has 2 N–H and O–H groups in total. The first-order valence-corrected chi connectivity index (χ1v) is 6.79. The fourth-order valence-corrected chi connectivity index (χ4v) is 2.80. The van der Waals surface area contributed by atoms with E-state index in [1.165, 1.54) is 11.1 Å². The molecule has 1 aliphatic rings. The number of hydrogen-bond acceptors (Lipinski definition) is 3. The van der Waals surface area contributed by atoms with E-state index < -0.39 is 0 Å². The fraction of sp³-hybridized carbons (Fsp3) is 0.538. The molecule has 1 aromatic carbocycles. The molecule has 1 saturated heterocycles. The number of phenols is 1. The number of aromatic hydroxyl groups is 1. The number of nitrogens with zero attached hydrogens (tertiary/aromatic N) is 1. The Labute approximate surface area is 111 Å². The van der Waals surface area contributed by atoms with Crippen molar-refractivity contribution >= 4 is 15.9 Å². The normalized spacial score (nSPS) is 17.4. The number of benzene rings is 1. The van der Waals surface area contributed by atoms with Crippen LogP contribution in [0.15, 0.2) is 10.5 Å². The van der Waals surface area contributed by atoms with Crippen LogP contribution in [-0.4, -0.2) is 36.2 Å². The van der Waals surface area contributed by atoms with E-state index in [2.05, 4.69) is 40.0 Å². The molecule has 0 radical (unpaired) electrons. The summed E-state index contributed by atoms with van der Waals surface area (Å²) in [4.78, 5) is 2.38. The largest absolute Gasteiger partial charge is 0.506 e. The van der Waals surface area contributed by atoms with Crippen LogP contribution >= 0.6 is 15.9 Å². The van der Waals surface area contributed by atoms with Gasteiger partial charge in [-0.1, -0.05) is 0 Å². The molecule has 0 spiro atoms. The zero-order valence-corrected chi connectivity index (χ0v) is 12.0. The standard InChI is InChI=1S/C13H19BrN2O/c1-9-7-12(14)13(17)11(10(9)2)8-16-5-3-15-4-6-16/h7,15,17H,3-6,8H2,1-2H3. The van der Waals surface area contributed by atoms with Crippen LogP contribution < -0.4 is 5.32 Å². The Morgan fingerprint density at radius 1 is 1.35 bits per heavy atom. The Morgan fingerprint density at radius 2 is 2.00 bits per heavy atom. The van der Waals surface area contributed by atoms with Gasteiger partial charge in [0, 0.05) is 38.3 Å². The molecular formula is C13H19BrN2O. The highest BCUT2D eigenvalue weighted by atomic mass is 79.9. The Balaban J connectivity index is 2.24. The van der Waals surface area contributed by atoms with Crippen LogP contribution in [0.3, 0.4) is 0 Å². The number of aryl methyl sites for hydroxylation is 1. The van der Waals surface area contributed by atoms with Crippen LogP contribution in [0.5, 0.6) is 5.75 Å². The van der Waals surface area contributed by atoms with Gasteiger partial charge in [0.15, 0.2) is 0 Å². The number of piperazine rings is 1. The molecule has 17 heavy (non-hydrogen) atoms. The van der Waals surface area contributed by atoms with Crippen molar-refractivity contribution in [1.82, 2.24) is 10.2 Å². The average molecular weight is 299 g/mol. The summed E-state index contributed by atoms with van der Waals surface area (Å²) < 4.78 is 0.797. The molecular weight excluding hydrogens is 280 g/mol. The first-order valence-electron chi connectivity index (χ1n) is 6.00. The maximum Gasteiger partial charge on any atom is 0.134 e. The summed E-state index contributed by atoms with van der Waals surface area (Å²) in [7, 11) is 0. The molecule has 1 aliphatic heterocycles. The van der Waals surface area contributed by atoms with E-state index in [4.69, 9.17) is 0 Å². The zero-order chi connectivity index (χ0) is 12.4. The van der Waals surface area contributed by atoms with Crippen molar-refractivity contribution in [3.05, 3.63) is 27.2 Å². The molecule has 0 atom stereocenters. The summed E-state index contributed by atoms with van der Waals surface area (Å²) in [6.07, 6.45) is 0. The molecule has 0 saturated carbocycles. The van der Waals surface area contributed by atoms with Crippen LogP contribution in [-0.2, 0) is 6.54 Å². The van der Waals surface area contributed by atoms with Gasteiger partial charge in [-0.25, -0.2) is 0 Å². The van der Waals surface area contributed by atoms with Crippen molar-refractivity contribution in [1.29, 1.82) is 0 Å². The van der Waals surface area contributed by atoms with Crippen LogP contribution in [0.2, 0.25) is 0 Å². The summed E-state index contributed by atoms with van der Waals surface area (Å²) in [6, 6.07) is 1.98. The van der Waals surface area contributed by atoms with Crippen molar-refractivity contribution in [3.63, 3.8) is 0 Å². The van der Waals surface area contributed by atoms with Crippen molar-refractivity contribution in [2.75, 3.05) is 26.2 Å². The van der Waals surface area contributed by atoms with Crippen LogP contribution in [0.25, 0.3) is 0 Å². The predicted molar refractivity (Wildman–Crippen MR) is 73.4 cm³/mol. The van der Waals surface area contributed by atoms with E-state index in [1.807, 2.05) is 6.07 Å². The molecule has 0 amide bonds. The van der Waals surface area contributed by atoms with Crippen LogP contribution in [0.4, 0.5) is 0 Å². The van der Waals surface area contributed by atoms with Crippen molar-refractivity contribution in [3.8, 4) is 5.75 Å². The molecule has 4 heteroatoms. The maximum atomic E-state index is 10.1. The molecule has 0 aliphatic carbocycles. The number of nitrogens with one attached hydrogen (secondary N) is 1. The van der Waals surface area contributed by atoms with Crippen molar-refractivity contribution in [2.45, 2.75) is 20.4 Å². The van der Waals surface area contributed by atoms with Gasteiger partial charge in [0.25, 0.3) is 0 Å². The number of phenolic OH excluding ortho intramolecular Hbond substituents is 1. The van der Waals surface area contributed by atoms with E-state index in [0.717, 1.165) is 42.8 Å². The molecule has 1 fully saturated rings. The van der Waals surface area contributed by atoms with Crippen LogP contribution in [0, 0.1) is 13.8 Å². The highest BCUT2D eigenvalue weighted by Gasteiger charge is 2.16. The van der Waals surface area contributed by atoms with Gasteiger partial charge < -0.3 is 10.4 Å². The first kappa shape index (κ1) is 12.9. The SMILES string of the molecule is Cc1cc(Br)c(O)c(CN2CCNCC2)c1C. The van der Waals surface area contributed by atoms with Gasteiger partial charge in [-0.15, -0.1) is 0 Å². The fourth-order valence-electron chi connectivity index (χ4n) is 2.21. The minimum Gasteiger partial charge on any atom is -0.506 e. The quantitative estimate of drug-likeness (QED) is 0.878. The number of hydrogen-bond donors (Lipinski definition) is 2.